The third-order valence-corrected chi connectivity index (χ3v) is 3.07. The van der Waals surface area contributed by atoms with E-state index in [1.807, 2.05) is 45.0 Å². The lowest BCUT2D eigenvalue weighted by atomic mass is 10.2. The first-order valence-electron chi connectivity index (χ1n) is 6.57. The smallest absolute Gasteiger partial charge is 0.325 e. The maximum Gasteiger partial charge on any atom is 0.325 e. The van der Waals surface area contributed by atoms with E-state index in [2.05, 4.69) is 23.6 Å². The van der Waals surface area contributed by atoms with E-state index >= 15 is 0 Å². The van der Waals surface area contributed by atoms with Gasteiger partial charge in [-0.05, 0) is 26.3 Å². The molecule has 0 radical (unpaired) electrons. The number of rotatable bonds is 4. The van der Waals surface area contributed by atoms with Gasteiger partial charge < -0.3 is 4.74 Å². The second-order valence-electron chi connectivity index (χ2n) is 5.86. The molecule has 0 aliphatic carbocycles. The summed E-state index contributed by atoms with van der Waals surface area (Å²) in [7, 11) is 0. The molecule has 3 heteroatoms. The molecule has 19 heavy (non-hydrogen) atoms. The molecular weight excluding hydrogens is 238 g/mol. The number of ether oxygens (including phenoxy) is 1. The van der Waals surface area contributed by atoms with Crippen LogP contribution in [0.5, 0.6) is 0 Å². The summed E-state index contributed by atoms with van der Waals surface area (Å²) in [6.45, 7) is 10.2. The largest absolute Gasteiger partial charge is 0.459 e. The number of hydrogen-bond donors (Lipinski definition) is 0. The average Bonchev–Trinajstić information content (AvgIpc) is 3.01. The molecule has 1 heterocycles. The zero-order chi connectivity index (χ0) is 14.0. The van der Waals surface area contributed by atoms with Crippen LogP contribution in [0.25, 0.3) is 0 Å². The third-order valence-electron chi connectivity index (χ3n) is 3.07. The van der Waals surface area contributed by atoms with Crippen LogP contribution >= 0.6 is 0 Å². The summed E-state index contributed by atoms with van der Waals surface area (Å²) in [6.07, 6.45) is 1.82. The van der Waals surface area contributed by atoms with Crippen molar-refractivity contribution >= 4 is 5.97 Å². The van der Waals surface area contributed by atoms with Gasteiger partial charge in [0.15, 0.2) is 0 Å². The van der Waals surface area contributed by atoms with Crippen LogP contribution < -0.4 is 0 Å². The zero-order valence-electron chi connectivity index (χ0n) is 11.8. The van der Waals surface area contributed by atoms with E-state index in [1.54, 1.807) is 0 Å². The fourth-order valence-corrected chi connectivity index (χ4v) is 2.20. The minimum absolute atomic E-state index is 0.0926. The van der Waals surface area contributed by atoms with Gasteiger partial charge in [0.05, 0.1) is 6.04 Å². The topological polar surface area (TPSA) is 29.3 Å². The highest BCUT2D eigenvalue weighted by atomic mass is 16.6. The molecule has 0 N–H and O–H groups in total. The second kappa shape index (κ2) is 5.17. The molecule has 0 aromatic heterocycles. The number of benzene rings is 1. The minimum atomic E-state index is -0.441. The Morgan fingerprint density at radius 3 is 2.53 bits per heavy atom. The van der Waals surface area contributed by atoms with Gasteiger partial charge in [-0.1, -0.05) is 36.4 Å². The zero-order valence-corrected chi connectivity index (χ0v) is 11.8. The average molecular weight is 259 g/mol. The molecule has 3 atom stereocenters. The van der Waals surface area contributed by atoms with Gasteiger partial charge in [-0.2, -0.15) is 0 Å². The van der Waals surface area contributed by atoms with Gasteiger partial charge in [0.2, 0.25) is 0 Å². The van der Waals surface area contributed by atoms with Gasteiger partial charge in [0.25, 0.3) is 0 Å². The molecule has 1 aliphatic rings. The first-order chi connectivity index (χ1) is 8.92. The van der Waals surface area contributed by atoms with Crippen molar-refractivity contribution in [3.8, 4) is 0 Å². The molecule has 2 unspecified atom stereocenters. The molecule has 0 spiro atoms. The molecule has 1 aromatic carbocycles. The molecule has 1 aromatic rings. The summed E-state index contributed by atoms with van der Waals surface area (Å²) in [5.74, 6) is -0.159. The van der Waals surface area contributed by atoms with Crippen LogP contribution in [-0.4, -0.2) is 28.6 Å². The van der Waals surface area contributed by atoms with Crippen molar-refractivity contribution in [1.82, 2.24) is 4.90 Å². The van der Waals surface area contributed by atoms with Crippen LogP contribution in [0.2, 0.25) is 0 Å². The Kier molecular flexibility index (Phi) is 3.76. The van der Waals surface area contributed by atoms with E-state index in [1.165, 1.54) is 5.56 Å². The molecule has 3 nitrogen and oxygen atoms in total. The predicted octanol–water partition coefficient (Wildman–Crippen LogP) is 2.77. The Labute approximate surface area is 114 Å². The lowest BCUT2D eigenvalue weighted by molar-refractivity contribution is -0.155. The normalized spacial score (nSPS) is 25.7. The Morgan fingerprint density at radius 1 is 1.37 bits per heavy atom. The summed E-state index contributed by atoms with van der Waals surface area (Å²) in [5.41, 5.74) is 0.754. The number of carbonyl (C=O) groups excluding carboxylic acids is 1. The lowest BCUT2D eigenvalue weighted by Crippen LogP contribution is -2.28. The van der Waals surface area contributed by atoms with Gasteiger partial charge in [-0.25, -0.2) is 0 Å². The van der Waals surface area contributed by atoms with Crippen LogP contribution in [0.1, 0.15) is 26.3 Å². The highest BCUT2D eigenvalue weighted by Gasteiger charge is 2.52. The molecule has 0 amide bonds. The SMILES string of the molecule is C=CC1[C@H](C(=O)OC(C)(C)C)N1Cc1ccccc1. The number of nitrogens with zero attached hydrogens (tertiary/aromatic N) is 1. The van der Waals surface area contributed by atoms with E-state index in [0.717, 1.165) is 6.54 Å². The Hall–Kier alpha value is -1.61. The standard InChI is InChI=1S/C16H21NO2/c1-5-13-14(15(18)19-16(2,3)4)17(13)11-12-9-7-6-8-10-12/h5-10,13-14H,1,11H2,2-4H3/t13?,14-,17?/m1/s1. The van der Waals surface area contributed by atoms with E-state index in [-0.39, 0.29) is 18.1 Å². The predicted molar refractivity (Wildman–Crippen MR) is 75.6 cm³/mol. The highest BCUT2D eigenvalue weighted by molar-refractivity contribution is 5.81. The Balaban J connectivity index is 1.99. The first kappa shape index (κ1) is 13.8. The first-order valence-corrected chi connectivity index (χ1v) is 6.57. The molecule has 1 saturated heterocycles. The van der Waals surface area contributed by atoms with Gasteiger partial charge >= 0.3 is 5.97 Å². The second-order valence-corrected chi connectivity index (χ2v) is 5.86. The van der Waals surface area contributed by atoms with Gasteiger partial charge in [0, 0.05) is 6.54 Å². The van der Waals surface area contributed by atoms with Crippen molar-refractivity contribution in [2.45, 2.75) is 45.0 Å². The van der Waals surface area contributed by atoms with Crippen molar-refractivity contribution in [3.63, 3.8) is 0 Å². The molecule has 0 saturated carbocycles. The number of esters is 1. The molecule has 1 aliphatic heterocycles. The molecule has 2 rings (SSSR count). The molecular formula is C16H21NO2. The maximum absolute atomic E-state index is 12.1. The fourth-order valence-electron chi connectivity index (χ4n) is 2.20. The van der Waals surface area contributed by atoms with Crippen LogP contribution in [0.15, 0.2) is 43.0 Å². The van der Waals surface area contributed by atoms with E-state index in [0.29, 0.717) is 0 Å². The van der Waals surface area contributed by atoms with E-state index in [9.17, 15) is 4.79 Å². The number of carbonyl (C=O) groups is 1. The fraction of sp³-hybridized carbons (Fsp3) is 0.438. The summed E-state index contributed by atoms with van der Waals surface area (Å²) in [6, 6.07) is 10.0. The Bertz CT molecular complexity index is 461. The van der Waals surface area contributed by atoms with Crippen LogP contribution in [0.3, 0.4) is 0 Å². The lowest BCUT2D eigenvalue weighted by Gasteiger charge is -2.19. The summed E-state index contributed by atoms with van der Waals surface area (Å²) >= 11 is 0. The van der Waals surface area contributed by atoms with Gasteiger partial charge in [-0.15, -0.1) is 6.58 Å². The summed E-state index contributed by atoms with van der Waals surface area (Å²) in [4.78, 5) is 14.2. The van der Waals surface area contributed by atoms with Crippen molar-refractivity contribution in [2.75, 3.05) is 0 Å². The number of hydrogen-bond acceptors (Lipinski definition) is 3. The monoisotopic (exact) mass is 259 g/mol. The maximum atomic E-state index is 12.1. The molecule has 1 fully saturated rings. The van der Waals surface area contributed by atoms with Gasteiger partial charge in [-0.3, -0.25) is 9.69 Å². The van der Waals surface area contributed by atoms with Crippen LogP contribution in [0.4, 0.5) is 0 Å². The Morgan fingerprint density at radius 2 is 2.00 bits per heavy atom. The summed E-state index contributed by atoms with van der Waals surface area (Å²) in [5, 5.41) is 0. The van der Waals surface area contributed by atoms with Crippen molar-refractivity contribution in [2.24, 2.45) is 0 Å². The quantitative estimate of drug-likeness (QED) is 0.473. The van der Waals surface area contributed by atoms with E-state index in [4.69, 9.17) is 4.74 Å². The third kappa shape index (κ3) is 3.44. The minimum Gasteiger partial charge on any atom is -0.459 e. The van der Waals surface area contributed by atoms with Crippen LogP contribution in [-0.2, 0) is 16.1 Å². The van der Waals surface area contributed by atoms with Crippen molar-refractivity contribution < 1.29 is 9.53 Å². The molecule has 102 valence electrons. The van der Waals surface area contributed by atoms with Crippen LogP contribution in [0, 0.1) is 0 Å². The van der Waals surface area contributed by atoms with Gasteiger partial charge in [0.1, 0.15) is 11.6 Å². The van der Waals surface area contributed by atoms with Crippen molar-refractivity contribution in [3.05, 3.63) is 48.6 Å². The highest BCUT2D eigenvalue weighted by Crippen LogP contribution is 2.33. The van der Waals surface area contributed by atoms with Crippen molar-refractivity contribution in [1.29, 1.82) is 0 Å². The van der Waals surface area contributed by atoms with E-state index < -0.39 is 5.60 Å². The summed E-state index contributed by atoms with van der Waals surface area (Å²) < 4.78 is 5.43. The molecule has 0 bridgehead atoms.